The molecule has 0 spiro atoms. The molecular formula is C14H17N3O. The molecule has 2 aromatic rings. The van der Waals surface area contributed by atoms with Crippen LogP contribution in [0.4, 0.5) is 11.5 Å². The van der Waals surface area contributed by atoms with E-state index in [2.05, 4.69) is 9.88 Å². The molecule has 0 saturated heterocycles. The zero-order valence-corrected chi connectivity index (χ0v) is 10.6. The minimum atomic E-state index is 0.544. The van der Waals surface area contributed by atoms with E-state index in [9.17, 15) is 0 Å². The Morgan fingerprint density at radius 2 is 2.11 bits per heavy atom. The molecule has 18 heavy (non-hydrogen) atoms. The molecule has 1 aromatic carbocycles. The second-order valence-corrected chi connectivity index (χ2v) is 4.15. The summed E-state index contributed by atoms with van der Waals surface area (Å²) in [5, 5.41) is 0. The molecule has 2 N–H and O–H groups in total. The van der Waals surface area contributed by atoms with E-state index in [1.807, 2.05) is 43.4 Å². The number of ether oxygens (including phenoxy) is 1. The van der Waals surface area contributed by atoms with E-state index in [1.54, 1.807) is 13.3 Å². The van der Waals surface area contributed by atoms with Gasteiger partial charge in [-0.2, -0.15) is 0 Å². The summed E-state index contributed by atoms with van der Waals surface area (Å²) in [6.07, 6.45) is 1.80. The highest BCUT2D eigenvalue weighted by molar-refractivity contribution is 5.50. The van der Waals surface area contributed by atoms with E-state index < -0.39 is 0 Å². The van der Waals surface area contributed by atoms with Crippen LogP contribution in [0.2, 0.25) is 0 Å². The first-order valence-electron chi connectivity index (χ1n) is 5.74. The number of hydrogen-bond donors (Lipinski definition) is 1. The maximum absolute atomic E-state index is 5.57. The van der Waals surface area contributed by atoms with Crippen molar-refractivity contribution >= 4 is 11.5 Å². The summed E-state index contributed by atoms with van der Waals surface area (Å²) in [4.78, 5) is 6.22. The molecular weight excluding hydrogens is 226 g/mol. The van der Waals surface area contributed by atoms with Crippen LogP contribution in [0.25, 0.3) is 0 Å². The standard InChI is InChI=1S/C14H17N3O/c1-17(10-11-6-7-14(15)16-9-11)12-4-3-5-13(8-12)18-2/h3-9H,10H2,1-2H3,(H2,15,16). The van der Waals surface area contributed by atoms with Crippen LogP contribution < -0.4 is 15.4 Å². The van der Waals surface area contributed by atoms with Crippen molar-refractivity contribution in [2.24, 2.45) is 0 Å². The molecule has 0 fully saturated rings. The van der Waals surface area contributed by atoms with Crippen LogP contribution >= 0.6 is 0 Å². The molecule has 0 radical (unpaired) electrons. The van der Waals surface area contributed by atoms with Crippen molar-refractivity contribution in [2.75, 3.05) is 24.8 Å². The lowest BCUT2D eigenvalue weighted by atomic mass is 10.2. The molecule has 0 amide bonds. The first-order chi connectivity index (χ1) is 8.69. The third-order valence-corrected chi connectivity index (χ3v) is 2.76. The third kappa shape index (κ3) is 2.91. The third-order valence-electron chi connectivity index (χ3n) is 2.76. The van der Waals surface area contributed by atoms with Gasteiger partial charge in [0, 0.05) is 31.5 Å². The average molecular weight is 243 g/mol. The van der Waals surface area contributed by atoms with Crippen LogP contribution in [-0.2, 0) is 6.54 Å². The molecule has 1 aromatic heterocycles. The average Bonchev–Trinajstić information content (AvgIpc) is 2.41. The van der Waals surface area contributed by atoms with Gasteiger partial charge >= 0.3 is 0 Å². The largest absolute Gasteiger partial charge is 0.497 e. The van der Waals surface area contributed by atoms with Crippen LogP contribution in [0.1, 0.15) is 5.56 Å². The lowest BCUT2D eigenvalue weighted by molar-refractivity contribution is 0.415. The zero-order valence-electron chi connectivity index (χ0n) is 10.6. The quantitative estimate of drug-likeness (QED) is 0.895. The minimum Gasteiger partial charge on any atom is -0.497 e. The van der Waals surface area contributed by atoms with E-state index in [1.165, 1.54) is 0 Å². The Kier molecular flexibility index (Phi) is 3.67. The van der Waals surface area contributed by atoms with Crippen molar-refractivity contribution in [3.63, 3.8) is 0 Å². The summed E-state index contributed by atoms with van der Waals surface area (Å²) < 4.78 is 5.22. The molecule has 1 heterocycles. The maximum atomic E-state index is 5.57. The maximum Gasteiger partial charge on any atom is 0.123 e. The lowest BCUT2D eigenvalue weighted by Crippen LogP contribution is -2.16. The number of rotatable bonds is 4. The molecule has 0 atom stereocenters. The highest BCUT2D eigenvalue weighted by Gasteiger charge is 2.03. The molecule has 4 nitrogen and oxygen atoms in total. The van der Waals surface area contributed by atoms with Gasteiger partial charge < -0.3 is 15.4 Å². The summed E-state index contributed by atoms with van der Waals surface area (Å²) in [5.74, 6) is 1.40. The lowest BCUT2D eigenvalue weighted by Gasteiger charge is -2.19. The molecule has 94 valence electrons. The fraction of sp³-hybridized carbons (Fsp3) is 0.214. The van der Waals surface area contributed by atoms with Crippen molar-refractivity contribution in [3.8, 4) is 5.75 Å². The highest BCUT2D eigenvalue weighted by Crippen LogP contribution is 2.21. The summed E-state index contributed by atoms with van der Waals surface area (Å²) in [6, 6.07) is 11.8. The van der Waals surface area contributed by atoms with Crippen molar-refractivity contribution in [2.45, 2.75) is 6.54 Å². The summed E-state index contributed by atoms with van der Waals surface area (Å²) in [5.41, 5.74) is 7.79. The monoisotopic (exact) mass is 243 g/mol. The fourth-order valence-corrected chi connectivity index (χ4v) is 1.74. The Labute approximate surface area is 107 Å². The van der Waals surface area contributed by atoms with Gasteiger partial charge in [0.25, 0.3) is 0 Å². The Hall–Kier alpha value is -2.23. The first-order valence-corrected chi connectivity index (χ1v) is 5.74. The van der Waals surface area contributed by atoms with Gasteiger partial charge in [-0.15, -0.1) is 0 Å². The van der Waals surface area contributed by atoms with E-state index >= 15 is 0 Å². The van der Waals surface area contributed by atoms with Crippen molar-refractivity contribution in [1.82, 2.24) is 4.98 Å². The van der Waals surface area contributed by atoms with Crippen molar-refractivity contribution in [1.29, 1.82) is 0 Å². The van der Waals surface area contributed by atoms with Crippen LogP contribution in [0.3, 0.4) is 0 Å². The number of nitrogens with two attached hydrogens (primary N) is 1. The fourth-order valence-electron chi connectivity index (χ4n) is 1.74. The second-order valence-electron chi connectivity index (χ2n) is 4.15. The number of benzene rings is 1. The topological polar surface area (TPSA) is 51.4 Å². The smallest absolute Gasteiger partial charge is 0.123 e. The number of nitrogens with zero attached hydrogens (tertiary/aromatic N) is 2. The summed E-state index contributed by atoms with van der Waals surface area (Å²) in [6.45, 7) is 0.778. The molecule has 0 unspecified atom stereocenters. The van der Waals surface area contributed by atoms with Crippen molar-refractivity contribution < 1.29 is 4.74 Å². The van der Waals surface area contributed by atoms with Gasteiger partial charge in [0.15, 0.2) is 0 Å². The normalized spacial score (nSPS) is 10.1. The molecule has 4 heteroatoms. The number of nitrogen functional groups attached to an aromatic ring is 1. The molecule has 0 bridgehead atoms. The van der Waals surface area contributed by atoms with Gasteiger partial charge in [0.05, 0.1) is 7.11 Å². The van der Waals surface area contributed by atoms with Crippen LogP contribution in [0, 0.1) is 0 Å². The number of hydrogen-bond acceptors (Lipinski definition) is 4. The Morgan fingerprint density at radius 3 is 2.78 bits per heavy atom. The second kappa shape index (κ2) is 5.40. The number of methoxy groups -OCH3 is 1. The zero-order chi connectivity index (χ0) is 13.0. The summed E-state index contributed by atoms with van der Waals surface area (Å²) >= 11 is 0. The van der Waals surface area contributed by atoms with E-state index in [0.29, 0.717) is 5.82 Å². The Morgan fingerprint density at radius 1 is 1.28 bits per heavy atom. The van der Waals surface area contributed by atoms with Crippen LogP contribution in [0.15, 0.2) is 42.6 Å². The van der Waals surface area contributed by atoms with Gasteiger partial charge in [0.1, 0.15) is 11.6 Å². The minimum absolute atomic E-state index is 0.544. The molecule has 0 aliphatic heterocycles. The Balaban J connectivity index is 2.11. The predicted octanol–water partition coefficient (Wildman–Crippen LogP) is 2.31. The molecule has 0 aliphatic rings. The number of aromatic nitrogens is 1. The predicted molar refractivity (Wildman–Crippen MR) is 73.8 cm³/mol. The highest BCUT2D eigenvalue weighted by atomic mass is 16.5. The van der Waals surface area contributed by atoms with Gasteiger partial charge in [-0.3, -0.25) is 0 Å². The van der Waals surface area contributed by atoms with E-state index in [-0.39, 0.29) is 0 Å². The van der Waals surface area contributed by atoms with E-state index in [0.717, 1.165) is 23.5 Å². The van der Waals surface area contributed by atoms with Gasteiger partial charge in [0.2, 0.25) is 0 Å². The molecule has 0 aliphatic carbocycles. The SMILES string of the molecule is COc1cccc(N(C)Cc2ccc(N)nc2)c1. The van der Waals surface area contributed by atoms with Crippen LogP contribution in [0.5, 0.6) is 5.75 Å². The van der Waals surface area contributed by atoms with Crippen molar-refractivity contribution in [3.05, 3.63) is 48.2 Å². The van der Waals surface area contributed by atoms with E-state index in [4.69, 9.17) is 10.5 Å². The van der Waals surface area contributed by atoms with Gasteiger partial charge in [-0.05, 0) is 23.8 Å². The summed E-state index contributed by atoms with van der Waals surface area (Å²) in [7, 11) is 3.70. The molecule has 0 saturated carbocycles. The van der Waals surface area contributed by atoms with Crippen LogP contribution in [-0.4, -0.2) is 19.1 Å². The molecule has 2 rings (SSSR count). The number of pyridine rings is 1. The van der Waals surface area contributed by atoms with Gasteiger partial charge in [-0.25, -0.2) is 4.98 Å². The Bertz CT molecular complexity index is 511. The van der Waals surface area contributed by atoms with Gasteiger partial charge in [-0.1, -0.05) is 12.1 Å². The first kappa shape index (κ1) is 12.2. The number of anilines is 2.